The molecule has 0 bridgehead atoms. The maximum atomic E-state index is 14.5. The number of aromatic nitrogens is 2. The fraction of sp³-hybridized carbons (Fsp3) is 0.727. The number of esters is 2. The second kappa shape index (κ2) is 13.7. The van der Waals surface area contributed by atoms with Crippen molar-refractivity contribution < 1.29 is 47.3 Å². The van der Waals surface area contributed by atoms with Crippen LogP contribution in [0.3, 0.4) is 0 Å². The van der Waals surface area contributed by atoms with Crippen molar-refractivity contribution in [3.63, 3.8) is 0 Å². The van der Waals surface area contributed by atoms with Gasteiger partial charge in [-0.25, -0.2) is 23.7 Å². The first-order valence-corrected chi connectivity index (χ1v) is 15.0. The molecule has 40 heavy (non-hydrogen) atoms. The predicted molar refractivity (Wildman–Crippen MR) is 142 cm³/mol. The summed E-state index contributed by atoms with van der Waals surface area (Å²) in [4.78, 5) is 40.6. The largest absolute Gasteiger partial charge is 0.462 e. The molecule has 2 rings (SSSR count). The van der Waals surface area contributed by atoms with Gasteiger partial charge in [0.1, 0.15) is 30.1 Å². The Morgan fingerprint density at radius 3 is 2.08 bits per heavy atom. The Balaban J connectivity index is 2.38. The highest BCUT2D eigenvalue weighted by atomic mass is 32.4. The van der Waals surface area contributed by atoms with E-state index in [1.54, 1.807) is 27.7 Å². The molecule has 6 N–H and O–H groups in total. The van der Waals surface area contributed by atoms with Crippen LogP contribution in [0.2, 0.25) is 0 Å². The number of nitrogens with one attached hydrogen (secondary N) is 2. The first kappa shape index (κ1) is 34.1. The number of nitrogens with two attached hydrogens (primary N) is 1. The number of ether oxygens (including phenoxy) is 3. The van der Waals surface area contributed by atoms with E-state index in [1.807, 2.05) is 0 Å². The summed E-state index contributed by atoms with van der Waals surface area (Å²) in [6.07, 6.45) is -9.42. The number of hydrogen-bond donors (Lipinski definition) is 5. The number of aliphatic hydroxyl groups excluding tert-OH is 2. The van der Waals surface area contributed by atoms with E-state index in [0.29, 0.717) is 4.57 Å². The van der Waals surface area contributed by atoms with Crippen molar-refractivity contribution in [1.29, 1.82) is 0 Å². The molecule has 0 aliphatic carbocycles. The van der Waals surface area contributed by atoms with Crippen LogP contribution in [0.5, 0.6) is 0 Å². The Labute approximate surface area is 234 Å². The molecule has 1 aliphatic heterocycles. The van der Waals surface area contributed by atoms with Crippen molar-refractivity contribution in [2.45, 2.75) is 96.3 Å². The molecule has 0 radical (unpaired) electrons. The number of nitrogen functional groups attached to an aromatic ring is 1. The van der Waals surface area contributed by atoms with Crippen LogP contribution in [0, 0.1) is 0 Å². The minimum Gasteiger partial charge on any atom is -0.462 e. The van der Waals surface area contributed by atoms with Gasteiger partial charge in [0.15, 0.2) is 18.4 Å². The highest BCUT2D eigenvalue weighted by molar-refractivity contribution is 8.10. The van der Waals surface area contributed by atoms with E-state index in [4.69, 9.17) is 36.3 Å². The van der Waals surface area contributed by atoms with Crippen LogP contribution in [0.1, 0.15) is 47.8 Å². The molecule has 228 valence electrons. The zero-order valence-electron chi connectivity index (χ0n) is 22.8. The lowest BCUT2D eigenvalue weighted by Crippen LogP contribution is -2.53. The molecule has 2 heterocycles. The van der Waals surface area contributed by atoms with E-state index < -0.39 is 85.6 Å². The third-order valence-corrected chi connectivity index (χ3v) is 8.46. The minimum absolute atomic E-state index is 0.161. The van der Waals surface area contributed by atoms with Crippen LogP contribution in [0.15, 0.2) is 17.1 Å². The van der Waals surface area contributed by atoms with Gasteiger partial charge in [0.05, 0.1) is 18.8 Å². The van der Waals surface area contributed by atoms with Crippen LogP contribution < -0.4 is 21.6 Å². The minimum atomic E-state index is -3.79. The maximum Gasteiger partial charge on any atom is 0.351 e. The molecule has 6 unspecified atom stereocenters. The molecule has 14 nitrogen and oxygen atoms in total. The first-order valence-electron chi connectivity index (χ1n) is 12.3. The molecule has 1 saturated heterocycles. The van der Waals surface area contributed by atoms with Gasteiger partial charge < -0.3 is 34.7 Å². The topological polar surface area (TPSA) is 196 Å². The lowest BCUT2D eigenvalue weighted by atomic mass is 9.96. The number of aliphatic hydroxyl groups is 2. The molecule has 1 aliphatic rings. The van der Waals surface area contributed by atoms with Gasteiger partial charge in [0.2, 0.25) is 0 Å². The quantitative estimate of drug-likeness (QED) is 0.149. The van der Waals surface area contributed by atoms with Gasteiger partial charge in [0, 0.05) is 6.20 Å². The molecule has 0 saturated carbocycles. The van der Waals surface area contributed by atoms with Gasteiger partial charge in [-0.15, -0.1) is 0 Å². The van der Waals surface area contributed by atoms with Crippen molar-refractivity contribution in [3.05, 3.63) is 22.7 Å². The number of rotatable bonds is 13. The number of anilines is 1. The first-order chi connectivity index (χ1) is 18.4. The van der Waals surface area contributed by atoms with Gasteiger partial charge >= 0.3 is 17.6 Å². The number of carbonyl (C=O) groups is 2. The van der Waals surface area contributed by atoms with Crippen molar-refractivity contribution in [1.82, 2.24) is 19.7 Å². The lowest BCUT2D eigenvalue weighted by Gasteiger charge is -2.35. The summed E-state index contributed by atoms with van der Waals surface area (Å²) in [7, 11) is 0. The number of alkyl halides is 2. The summed E-state index contributed by atoms with van der Waals surface area (Å²) < 4.78 is 51.0. The van der Waals surface area contributed by atoms with Crippen LogP contribution in [0.25, 0.3) is 0 Å². The van der Waals surface area contributed by atoms with E-state index in [0.717, 1.165) is 6.20 Å². The number of hydrogen-bond acceptors (Lipinski definition) is 12. The predicted octanol–water partition coefficient (Wildman–Crippen LogP) is 0.181. The summed E-state index contributed by atoms with van der Waals surface area (Å²) in [6, 6.07) is -1.07. The molecule has 6 atom stereocenters. The monoisotopic (exact) mass is 615 g/mol. The zero-order valence-corrected chi connectivity index (χ0v) is 24.5. The van der Waals surface area contributed by atoms with Gasteiger partial charge in [-0.05, 0) is 59.4 Å². The highest BCUT2D eigenvalue weighted by Crippen LogP contribution is 2.46. The average Bonchev–Trinajstić information content (AvgIpc) is 3.08. The molecule has 0 aromatic carbocycles. The molecular weight excluding hydrogens is 579 g/mol. The van der Waals surface area contributed by atoms with E-state index in [-0.39, 0.29) is 5.82 Å². The van der Waals surface area contributed by atoms with E-state index in [2.05, 4.69) is 15.2 Å². The summed E-state index contributed by atoms with van der Waals surface area (Å²) in [5.41, 5.74) is 1.55. The average molecular weight is 616 g/mol. The van der Waals surface area contributed by atoms with Crippen LogP contribution in [-0.4, -0.2) is 86.8 Å². The van der Waals surface area contributed by atoms with E-state index in [9.17, 15) is 33.4 Å². The lowest BCUT2D eigenvalue weighted by molar-refractivity contribution is -0.191. The zero-order chi connectivity index (χ0) is 30.6. The van der Waals surface area contributed by atoms with Crippen molar-refractivity contribution >= 4 is 36.1 Å². The molecule has 1 fully saturated rings. The molecule has 0 spiro atoms. The summed E-state index contributed by atoms with van der Waals surface area (Å²) in [6.45, 7) is 4.33. The summed E-state index contributed by atoms with van der Waals surface area (Å²) >= 11 is 5.54. The molecule has 18 heteroatoms. The number of halogens is 2. The Hall–Kier alpha value is -2.11. The second-order valence-electron chi connectivity index (χ2n) is 9.74. The summed E-state index contributed by atoms with van der Waals surface area (Å²) in [5, 5.41) is 26.6. The van der Waals surface area contributed by atoms with E-state index >= 15 is 0 Å². The molecule has 1 aromatic rings. The third-order valence-electron chi connectivity index (χ3n) is 5.56. The SMILES string of the molecule is CC(C)OC(=O)C(C)NP(=S)(NC(C)C(=O)OC(C)C)OCC1(C(F)F)OC(n2ccc(N)nc2=O)C(O)C1O. The van der Waals surface area contributed by atoms with E-state index in [1.165, 1.54) is 19.9 Å². The number of carbonyl (C=O) groups excluding carboxylic acids is 2. The fourth-order valence-electron chi connectivity index (χ4n) is 3.60. The third kappa shape index (κ3) is 8.22. The second-order valence-corrected chi connectivity index (χ2v) is 13.2. The normalized spacial score (nSPS) is 26.1. The molecule has 1 aromatic heterocycles. The Kier molecular flexibility index (Phi) is 11.7. The van der Waals surface area contributed by atoms with Gasteiger partial charge in [-0.3, -0.25) is 14.2 Å². The smallest absolute Gasteiger partial charge is 0.351 e. The standard InChI is InChI=1S/C22H36F2N5O9PS/c1-10(2)36-18(32)12(5)27-39(40,28-13(6)19(33)37-11(3)4)35-9-22(20(23)24)16(31)15(30)17(38-22)29-8-7-14(25)26-21(29)34/h7-8,10-13,15-17,20,30-31H,9H2,1-6H3,(H2,25,26,34)(H2,27,28,40). The molecule has 0 amide bonds. The van der Waals surface area contributed by atoms with Gasteiger partial charge in [-0.2, -0.15) is 4.98 Å². The Morgan fingerprint density at radius 1 is 1.15 bits per heavy atom. The van der Waals surface area contributed by atoms with Gasteiger partial charge in [0.25, 0.3) is 6.43 Å². The summed E-state index contributed by atoms with van der Waals surface area (Å²) in [5.74, 6) is -1.64. The molecular formula is C22H36F2N5O9PS. The van der Waals surface area contributed by atoms with Crippen LogP contribution in [0.4, 0.5) is 14.6 Å². The Morgan fingerprint density at radius 2 is 1.65 bits per heavy atom. The van der Waals surface area contributed by atoms with Crippen LogP contribution in [-0.2, 0) is 40.1 Å². The number of nitrogens with zero attached hydrogens (tertiary/aromatic N) is 2. The van der Waals surface area contributed by atoms with Crippen molar-refractivity contribution in [2.75, 3.05) is 12.3 Å². The maximum absolute atomic E-state index is 14.5. The fourth-order valence-corrected chi connectivity index (χ4v) is 6.55. The highest BCUT2D eigenvalue weighted by Gasteiger charge is 2.61. The van der Waals surface area contributed by atoms with Crippen molar-refractivity contribution in [3.8, 4) is 0 Å². The van der Waals surface area contributed by atoms with Crippen LogP contribution >= 0.6 is 6.57 Å². The Bertz CT molecular complexity index is 1130. The van der Waals surface area contributed by atoms with Crippen molar-refractivity contribution in [2.24, 2.45) is 0 Å². The van der Waals surface area contributed by atoms with Gasteiger partial charge in [-0.1, -0.05) is 0 Å².